The van der Waals surface area contributed by atoms with Gasteiger partial charge in [0.15, 0.2) is 0 Å². The van der Waals surface area contributed by atoms with Crippen LogP contribution < -0.4 is 10.1 Å². The molecular formula is C17H17NO5S. The molecule has 2 aromatic rings. The van der Waals surface area contributed by atoms with Crippen molar-refractivity contribution in [3.8, 4) is 11.5 Å². The molecule has 0 fully saturated rings. The van der Waals surface area contributed by atoms with Crippen LogP contribution in [0.4, 0.5) is 0 Å². The molecule has 0 saturated heterocycles. The number of ether oxygens (including phenoxy) is 2. The van der Waals surface area contributed by atoms with Crippen molar-refractivity contribution < 1.29 is 23.3 Å². The van der Waals surface area contributed by atoms with Gasteiger partial charge in [-0.2, -0.15) is 0 Å². The molecule has 0 heterocycles. The normalized spacial score (nSPS) is 11.4. The highest BCUT2D eigenvalue weighted by molar-refractivity contribution is 7.84. The molecule has 1 N–H and O–H groups in total. The molecule has 6 nitrogen and oxygen atoms in total. The van der Waals surface area contributed by atoms with E-state index in [0.717, 1.165) is 4.90 Å². The van der Waals surface area contributed by atoms with E-state index in [1.54, 1.807) is 54.8 Å². The zero-order valence-corrected chi connectivity index (χ0v) is 14.1. The number of methoxy groups -OCH3 is 1. The summed E-state index contributed by atoms with van der Waals surface area (Å²) in [7, 11) is 0.224. The minimum atomic E-state index is -1.03. The Bertz CT molecular complexity index is 741. The Morgan fingerprint density at radius 3 is 2.04 bits per heavy atom. The molecule has 2 rings (SSSR count). The molecule has 0 aliphatic carbocycles. The summed E-state index contributed by atoms with van der Waals surface area (Å²) >= 11 is 0. The summed E-state index contributed by atoms with van der Waals surface area (Å²) in [5.74, 6) is 0.276. The van der Waals surface area contributed by atoms with E-state index in [4.69, 9.17) is 4.74 Å². The van der Waals surface area contributed by atoms with Crippen LogP contribution in [-0.2, 0) is 20.3 Å². The maximum atomic E-state index is 11.8. The summed E-state index contributed by atoms with van der Waals surface area (Å²) in [5.41, 5.74) is 0.406. The third-order valence-electron chi connectivity index (χ3n) is 3.13. The van der Waals surface area contributed by atoms with E-state index in [1.807, 2.05) is 0 Å². The van der Waals surface area contributed by atoms with Crippen LogP contribution in [-0.4, -0.2) is 36.0 Å². The number of carbonyl (C=O) groups is 2. The highest BCUT2D eigenvalue weighted by Gasteiger charge is 2.08. The molecule has 7 heteroatoms. The maximum Gasteiger partial charge on any atom is 0.325 e. The molecule has 0 saturated carbocycles. The third-order valence-corrected chi connectivity index (χ3v) is 4.06. The zero-order valence-electron chi connectivity index (χ0n) is 13.3. The number of benzene rings is 2. The molecule has 0 bridgehead atoms. The van der Waals surface area contributed by atoms with Crippen LogP contribution in [0.15, 0.2) is 53.4 Å². The summed E-state index contributed by atoms with van der Waals surface area (Å²) in [5, 5.41) is 2.45. The minimum absolute atomic E-state index is 0.182. The fourth-order valence-corrected chi connectivity index (χ4v) is 2.36. The molecule has 0 radical (unpaired) electrons. The van der Waals surface area contributed by atoms with Crippen molar-refractivity contribution in [3.63, 3.8) is 0 Å². The summed E-state index contributed by atoms with van der Waals surface area (Å²) in [6.45, 7) is -0.182. The first-order chi connectivity index (χ1) is 11.5. The molecule has 0 aromatic heterocycles. The molecular weight excluding hydrogens is 330 g/mol. The first kappa shape index (κ1) is 17.7. The van der Waals surface area contributed by atoms with Gasteiger partial charge in [0.1, 0.15) is 18.0 Å². The van der Waals surface area contributed by atoms with E-state index < -0.39 is 16.8 Å². The lowest BCUT2D eigenvalue weighted by atomic mass is 10.2. The van der Waals surface area contributed by atoms with Crippen molar-refractivity contribution >= 4 is 22.7 Å². The van der Waals surface area contributed by atoms with Crippen molar-refractivity contribution in [2.24, 2.45) is 0 Å². The second-order valence-electron chi connectivity index (χ2n) is 4.81. The average Bonchev–Trinajstić information content (AvgIpc) is 2.60. The number of nitrogens with one attached hydrogen (secondary N) is 1. The second kappa shape index (κ2) is 8.26. The van der Waals surface area contributed by atoms with Gasteiger partial charge in [0.25, 0.3) is 5.91 Å². The predicted molar refractivity (Wildman–Crippen MR) is 89.6 cm³/mol. The third kappa shape index (κ3) is 4.92. The van der Waals surface area contributed by atoms with Gasteiger partial charge >= 0.3 is 5.97 Å². The molecule has 1 unspecified atom stereocenters. The highest BCUT2D eigenvalue weighted by atomic mass is 32.2. The lowest BCUT2D eigenvalue weighted by molar-refractivity contribution is -0.139. The van der Waals surface area contributed by atoms with Gasteiger partial charge in [0.05, 0.1) is 7.11 Å². The van der Waals surface area contributed by atoms with Crippen molar-refractivity contribution in [2.45, 2.75) is 4.90 Å². The van der Waals surface area contributed by atoms with E-state index >= 15 is 0 Å². The van der Waals surface area contributed by atoms with Crippen LogP contribution in [0, 0.1) is 0 Å². The largest absolute Gasteiger partial charge is 0.468 e. The fourth-order valence-electron chi connectivity index (χ4n) is 1.84. The van der Waals surface area contributed by atoms with E-state index in [9.17, 15) is 13.8 Å². The molecule has 24 heavy (non-hydrogen) atoms. The number of amides is 1. The summed E-state index contributed by atoms with van der Waals surface area (Å²) < 4.78 is 21.4. The van der Waals surface area contributed by atoms with Crippen LogP contribution in [0.25, 0.3) is 0 Å². The van der Waals surface area contributed by atoms with Gasteiger partial charge in [-0.3, -0.25) is 13.8 Å². The zero-order chi connectivity index (χ0) is 17.5. The lowest BCUT2D eigenvalue weighted by Gasteiger charge is -2.08. The van der Waals surface area contributed by atoms with Crippen molar-refractivity contribution in [1.29, 1.82) is 0 Å². The molecule has 2 aromatic carbocycles. The first-order valence-corrected chi connectivity index (χ1v) is 8.62. The quantitative estimate of drug-likeness (QED) is 0.810. The Balaban J connectivity index is 1.97. The van der Waals surface area contributed by atoms with Crippen LogP contribution in [0.2, 0.25) is 0 Å². The predicted octanol–water partition coefficient (Wildman–Crippen LogP) is 2.12. The SMILES string of the molecule is COC(=O)CNC(=O)c1ccc(Oc2ccc(S(C)=O)cc2)cc1. The maximum absolute atomic E-state index is 11.8. The summed E-state index contributed by atoms with van der Waals surface area (Å²) in [4.78, 5) is 23.6. The van der Waals surface area contributed by atoms with Gasteiger partial charge in [-0.25, -0.2) is 0 Å². The van der Waals surface area contributed by atoms with Crippen LogP contribution >= 0.6 is 0 Å². The number of carbonyl (C=O) groups excluding carboxylic acids is 2. The monoisotopic (exact) mass is 347 g/mol. The number of rotatable bonds is 6. The lowest BCUT2D eigenvalue weighted by Crippen LogP contribution is -2.30. The fraction of sp³-hybridized carbons (Fsp3) is 0.176. The molecule has 1 amide bonds. The smallest absolute Gasteiger partial charge is 0.325 e. The molecule has 0 aliphatic heterocycles. The van der Waals surface area contributed by atoms with Crippen LogP contribution in [0.3, 0.4) is 0 Å². The highest BCUT2D eigenvalue weighted by Crippen LogP contribution is 2.22. The second-order valence-corrected chi connectivity index (χ2v) is 6.19. The molecule has 0 aliphatic rings. The topological polar surface area (TPSA) is 81.7 Å². The van der Waals surface area contributed by atoms with E-state index in [-0.39, 0.29) is 12.5 Å². The molecule has 0 spiro atoms. The van der Waals surface area contributed by atoms with E-state index in [2.05, 4.69) is 10.1 Å². The van der Waals surface area contributed by atoms with Gasteiger partial charge in [-0.05, 0) is 48.5 Å². The Labute approximate surface area is 142 Å². The van der Waals surface area contributed by atoms with Gasteiger partial charge < -0.3 is 14.8 Å². The van der Waals surface area contributed by atoms with E-state index in [0.29, 0.717) is 17.1 Å². The Morgan fingerprint density at radius 2 is 1.54 bits per heavy atom. The standard InChI is InChI=1S/C17H17NO5S/c1-22-16(19)11-18-17(20)12-3-5-13(6-4-12)23-14-7-9-15(10-8-14)24(2)21/h3-10H,11H2,1-2H3,(H,18,20). The van der Waals surface area contributed by atoms with Crippen LogP contribution in [0.1, 0.15) is 10.4 Å². The Kier molecular flexibility index (Phi) is 6.08. The number of esters is 1. The Hall–Kier alpha value is -2.67. The Morgan fingerprint density at radius 1 is 1.00 bits per heavy atom. The molecule has 126 valence electrons. The summed E-state index contributed by atoms with van der Waals surface area (Å²) in [6.07, 6.45) is 1.61. The van der Waals surface area contributed by atoms with Crippen LogP contribution in [0.5, 0.6) is 11.5 Å². The van der Waals surface area contributed by atoms with Gasteiger partial charge in [-0.15, -0.1) is 0 Å². The minimum Gasteiger partial charge on any atom is -0.468 e. The summed E-state index contributed by atoms with van der Waals surface area (Å²) in [6, 6.07) is 13.4. The molecule has 1 atom stereocenters. The van der Waals surface area contributed by atoms with Gasteiger partial charge in [0.2, 0.25) is 0 Å². The van der Waals surface area contributed by atoms with Crippen molar-refractivity contribution in [2.75, 3.05) is 19.9 Å². The van der Waals surface area contributed by atoms with Gasteiger partial charge in [-0.1, -0.05) is 0 Å². The van der Waals surface area contributed by atoms with Crippen molar-refractivity contribution in [1.82, 2.24) is 5.32 Å². The number of hydrogen-bond donors (Lipinski definition) is 1. The van der Waals surface area contributed by atoms with Gasteiger partial charge in [0, 0.05) is 27.5 Å². The first-order valence-electron chi connectivity index (χ1n) is 7.06. The number of hydrogen-bond acceptors (Lipinski definition) is 5. The average molecular weight is 347 g/mol. The van der Waals surface area contributed by atoms with E-state index in [1.165, 1.54) is 7.11 Å². The van der Waals surface area contributed by atoms with Crippen molar-refractivity contribution in [3.05, 3.63) is 54.1 Å².